The first kappa shape index (κ1) is 14.4. The molecule has 0 N–H and O–H groups in total. The van der Waals surface area contributed by atoms with Gasteiger partial charge in [-0.25, -0.2) is 0 Å². The molecule has 2 heterocycles. The molecule has 1 aromatic heterocycles. The first-order valence-corrected chi connectivity index (χ1v) is 7.26. The topological polar surface area (TPSA) is 65.4 Å². The van der Waals surface area contributed by atoms with Crippen molar-refractivity contribution in [2.75, 3.05) is 0 Å². The number of alkyl halides is 3. The van der Waals surface area contributed by atoms with Crippen LogP contribution in [0.1, 0.15) is 12.1 Å². The highest BCUT2D eigenvalue weighted by Crippen LogP contribution is 2.29. The Bertz CT molecular complexity index is 680. The molecule has 0 atom stereocenters. The first-order chi connectivity index (χ1) is 8.63. The lowest BCUT2D eigenvalue weighted by Gasteiger charge is -2.11. The monoisotopic (exact) mass is 361 g/mol. The van der Waals surface area contributed by atoms with E-state index >= 15 is 0 Å². The molecule has 19 heavy (non-hydrogen) atoms. The number of rotatable bonds is 2. The number of hydrogen-bond acceptors (Lipinski definition) is 4. The molecule has 1 aromatic rings. The van der Waals surface area contributed by atoms with Crippen LogP contribution in [0.3, 0.4) is 0 Å². The minimum absolute atomic E-state index is 0.316. The summed E-state index contributed by atoms with van der Waals surface area (Å²) in [6.45, 7) is 0.316. The van der Waals surface area contributed by atoms with E-state index in [2.05, 4.69) is 20.1 Å². The lowest BCUT2D eigenvalue weighted by atomic mass is 10.3. The van der Waals surface area contributed by atoms with Crippen LogP contribution in [0.2, 0.25) is 0 Å². The highest BCUT2D eigenvalue weighted by atomic mass is 79.9. The summed E-state index contributed by atoms with van der Waals surface area (Å²) < 4.78 is 63.8. The van der Waals surface area contributed by atoms with Crippen molar-refractivity contribution >= 4 is 26.0 Å². The number of nitrogens with zero attached hydrogens (tertiary/aromatic N) is 1. The van der Waals surface area contributed by atoms with Crippen molar-refractivity contribution in [2.45, 2.75) is 24.9 Å². The number of halogens is 4. The smallest absolute Gasteiger partial charge is 0.370 e. The van der Waals surface area contributed by atoms with Crippen molar-refractivity contribution in [1.29, 1.82) is 0 Å². The van der Waals surface area contributed by atoms with Gasteiger partial charge in [-0.3, -0.25) is 4.79 Å². The summed E-state index contributed by atoms with van der Waals surface area (Å²) in [6, 6.07) is 0.947. The number of pyridine rings is 1. The van der Waals surface area contributed by atoms with E-state index in [4.69, 9.17) is 0 Å². The van der Waals surface area contributed by atoms with E-state index in [-0.39, 0.29) is 0 Å². The van der Waals surface area contributed by atoms with Gasteiger partial charge in [0.15, 0.2) is 0 Å². The van der Waals surface area contributed by atoms with Crippen molar-refractivity contribution in [2.24, 2.45) is 0 Å². The van der Waals surface area contributed by atoms with E-state index in [1.165, 1.54) is 4.57 Å². The Balaban J connectivity index is 2.50. The fourth-order valence-electron chi connectivity index (χ4n) is 1.77. The maximum atomic E-state index is 12.2. The maximum absolute atomic E-state index is 12.2. The Kier molecular flexibility index (Phi) is 3.42. The van der Waals surface area contributed by atoms with Crippen LogP contribution in [-0.4, -0.2) is 18.5 Å². The van der Waals surface area contributed by atoms with E-state index in [0.29, 0.717) is 29.6 Å². The maximum Gasteiger partial charge on any atom is 0.534 e. The van der Waals surface area contributed by atoms with Crippen LogP contribution >= 0.6 is 15.9 Å². The Labute approximate surface area is 114 Å². The van der Waals surface area contributed by atoms with Gasteiger partial charge in [0.2, 0.25) is 5.75 Å². The Morgan fingerprint density at radius 3 is 2.58 bits per heavy atom. The molecular formula is C9H7BrF3NO4S. The molecule has 0 aromatic carbocycles. The third-order valence-corrected chi connectivity index (χ3v) is 4.25. The predicted octanol–water partition coefficient (Wildman–Crippen LogP) is 1.79. The zero-order valence-corrected chi connectivity index (χ0v) is 11.6. The molecule has 106 valence electrons. The molecule has 10 heteroatoms. The molecule has 1 aliphatic heterocycles. The summed E-state index contributed by atoms with van der Waals surface area (Å²) in [5.41, 5.74) is -5.85. The third-order valence-electron chi connectivity index (χ3n) is 2.59. The minimum atomic E-state index is -5.84. The zero-order valence-electron chi connectivity index (χ0n) is 9.20. The van der Waals surface area contributed by atoms with E-state index in [9.17, 15) is 26.4 Å². The van der Waals surface area contributed by atoms with Crippen LogP contribution in [0.4, 0.5) is 13.2 Å². The average Bonchev–Trinajstić information content (AvgIpc) is 2.72. The van der Waals surface area contributed by atoms with Crippen molar-refractivity contribution < 1.29 is 25.8 Å². The van der Waals surface area contributed by atoms with Crippen LogP contribution in [0.5, 0.6) is 5.75 Å². The van der Waals surface area contributed by atoms with E-state index < -0.39 is 26.9 Å². The molecule has 0 saturated heterocycles. The van der Waals surface area contributed by atoms with E-state index in [1.54, 1.807) is 0 Å². The molecule has 0 saturated carbocycles. The minimum Gasteiger partial charge on any atom is -0.370 e. The molecule has 0 radical (unpaired) electrons. The molecule has 0 unspecified atom stereocenters. The second-order valence-electron chi connectivity index (χ2n) is 3.85. The Morgan fingerprint density at radius 1 is 1.37 bits per heavy atom. The molecule has 2 rings (SSSR count). The zero-order chi connectivity index (χ0) is 14.4. The molecule has 0 amide bonds. The highest BCUT2D eigenvalue weighted by Gasteiger charge is 2.49. The third kappa shape index (κ3) is 2.50. The molecule has 1 aliphatic rings. The largest absolute Gasteiger partial charge is 0.534 e. The Hall–Kier alpha value is -1.03. The summed E-state index contributed by atoms with van der Waals surface area (Å²) in [6.07, 6.45) is 1.24. The van der Waals surface area contributed by atoms with Crippen LogP contribution in [0, 0.1) is 0 Å². The van der Waals surface area contributed by atoms with Gasteiger partial charge in [-0.05, 0) is 28.8 Å². The summed E-state index contributed by atoms with van der Waals surface area (Å²) in [4.78, 5) is 11.8. The molecule has 0 spiro atoms. The van der Waals surface area contributed by atoms with Gasteiger partial charge in [-0.15, -0.1) is 0 Å². The summed E-state index contributed by atoms with van der Waals surface area (Å²) in [5, 5.41) is 0. The standard InChI is InChI=1S/C9H7BrF3NO4S/c10-5-4-7(18-19(16,17)9(11,12)13)8(15)14-3-1-2-6(5)14/h4H,1-3H2. The van der Waals surface area contributed by atoms with Crippen LogP contribution in [0.15, 0.2) is 15.3 Å². The Morgan fingerprint density at radius 2 is 2.00 bits per heavy atom. The van der Waals surface area contributed by atoms with E-state index in [0.717, 1.165) is 6.07 Å². The summed E-state index contributed by atoms with van der Waals surface area (Å²) >= 11 is 3.07. The van der Waals surface area contributed by atoms with Crippen LogP contribution in [0.25, 0.3) is 0 Å². The van der Waals surface area contributed by atoms with Gasteiger partial charge in [-0.1, -0.05) is 0 Å². The second kappa shape index (κ2) is 4.51. The van der Waals surface area contributed by atoms with Gasteiger partial charge < -0.3 is 8.75 Å². The molecule has 0 bridgehead atoms. The lowest BCUT2D eigenvalue weighted by molar-refractivity contribution is -0.0500. The molecule has 0 aliphatic carbocycles. The van der Waals surface area contributed by atoms with Gasteiger partial charge in [-0.2, -0.15) is 21.6 Å². The summed E-state index contributed by atoms with van der Waals surface area (Å²) in [5.74, 6) is -0.866. The highest BCUT2D eigenvalue weighted by molar-refractivity contribution is 9.10. The van der Waals surface area contributed by atoms with Gasteiger partial charge in [0.25, 0.3) is 5.56 Å². The number of aromatic nitrogens is 1. The molecule has 5 nitrogen and oxygen atoms in total. The van der Waals surface area contributed by atoms with Crippen LogP contribution < -0.4 is 9.74 Å². The van der Waals surface area contributed by atoms with Crippen molar-refractivity contribution in [3.63, 3.8) is 0 Å². The lowest BCUT2D eigenvalue weighted by Crippen LogP contribution is -2.31. The normalized spacial score (nSPS) is 15.4. The molecular weight excluding hydrogens is 355 g/mol. The fraction of sp³-hybridized carbons (Fsp3) is 0.444. The van der Waals surface area contributed by atoms with Crippen LogP contribution in [-0.2, 0) is 23.1 Å². The number of fused-ring (bicyclic) bond motifs is 1. The average molecular weight is 362 g/mol. The second-order valence-corrected chi connectivity index (χ2v) is 6.24. The summed E-state index contributed by atoms with van der Waals surface area (Å²) in [7, 11) is -5.84. The van der Waals surface area contributed by atoms with E-state index in [1.807, 2.05) is 0 Å². The van der Waals surface area contributed by atoms with Gasteiger partial charge in [0.1, 0.15) is 0 Å². The molecule has 0 fully saturated rings. The fourth-order valence-corrected chi connectivity index (χ4v) is 2.84. The first-order valence-electron chi connectivity index (χ1n) is 5.06. The van der Waals surface area contributed by atoms with Gasteiger partial charge >= 0.3 is 15.6 Å². The van der Waals surface area contributed by atoms with Gasteiger partial charge in [0, 0.05) is 22.8 Å². The SMILES string of the molecule is O=c1c(OS(=O)(=O)C(F)(F)F)cc(Br)c2n1CCC2. The van der Waals surface area contributed by atoms with Crippen molar-refractivity contribution in [3.05, 3.63) is 26.6 Å². The quantitative estimate of drug-likeness (QED) is 0.594. The van der Waals surface area contributed by atoms with Crippen molar-refractivity contribution in [3.8, 4) is 5.75 Å². The predicted molar refractivity (Wildman–Crippen MR) is 62.3 cm³/mol. The van der Waals surface area contributed by atoms with Gasteiger partial charge in [0.05, 0.1) is 0 Å². The number of hydrogen-bond donors (Lipinski definition) is 0. The van der Waals surface area contributed by atoms with Crippen molar-refractivity contribution in [1.82, 2.24) is 4.57 Å².